The molecule has 3 heteroatoms. The van der Waals surface area contributed by atoms with Crippen LogP contribution in [0, 0.1) is 6.92 Å². The first-order valence-electron chi connectivity index (χ1n) is 5.60. The summed E-state index contributed by atoms with van der Waals surface area (Å²) in [6, 6.07) is 13.1. The van der Waals surface area contributed by atoms with Gasteiger partial charge in [-0.2, -0.15) is 0 Å². The maximum Gasteiger partial charge on any atom is 0.167 e. The molecule has 1 nitrogen and oxygen atoms in total. The highest BCUT2D eigenvalue weighted by Crippen LogP contribution is 2.20. The molecule has 0 unspecified atom stereocenters. The van der Waals surface area contributed by atoms with E-state index in [4.69, 9.17) is 11.6 Å². The van der Waals surface area contributed by atoms with Gasteiger partial charge in [0.1, 0.15) is 0 Å². The molecule has 0 radical (unpaired) electrons. The van der Waals surface area contributed by atoms with Crippen LogP contribution in [0.3, 0.4) is 0 Å². The summed E-state index contributed by atoms with van der Waals surface area (Å²) in [7, 11) is 0. The van der Waals surface area contributed by atoms with E-state index in [-0.39, 0.29) is 5.78 Å². The highest BCUT2D eigenvalue weighted by molar-refractivity contribution is 9.10. The third-order valence-electron chi connectivity index (χ3n) is 2.80. The van der Waals surface area contributed by atoms with E-state index in [2.05, 4.69) is 15.9 Å². The fourth-order valence-corrected chi connectivity index (χ4v) is 2.50. The molecular formula is C15H12BrClO. The van der Waals surface area contributed by atoms with Gasteiger partial charge >= 0.3 is 0 Å². The lowest BCUT2D eigenvalue weighted by Gasteiger charge is -2.07. The van der Waals surface area contributed by atoms with Crippen molar-refractivity contribution >= 4 is 33.3 Å². The van der Waals surface area contributed by atoms with Crippen LogP contribution in [-0.2, 0) is 6.42 Å². The predicted molar refractivity (Wildman–Crippen MR) is 78.4 cm³/mol. The second kappa shape index (κ2) is 5.68. The van der Waals surface area contributed by atoms with Crippen LogP contribution in [0.25, 0.3) is 0 Å². The van der Waals surface area contributed by atoms with Crippen LogP contribution < -0.4 is 0 Å². The smallest absolute Gasteiger partial charge is 0.167 e. The number of rotatable bonds is 3. The second-order valence-corrected chi connectivity index (χ2v) is 5.44. The molecule has 0 fully saturated rings. The van der Waals surface area contributed by atoms with Crippen LogP contribution in [0.4, 0.5) is 0 Å². The Morgan fingerprint density at radius 1 is 1.22 bits per heavy atom. The first kappa shape index (κ1) is 13.3. The summed E-state index contributed by atoms with van der Waals surface area (Å²) in [6.45, 7) is 1.90. The minimum Gasteiger partial charge on any atom is -0.294 e. The third-order valence-corrected chi connectivity index (χ3v) is 3.81. The highest BCUT2D eigenvalue weighted by Gasteiger charge is 2.11. The van der Waals surface area contributed by atoms with Crippen molar-refractivity contribution in [3.05, 3.63) is 68.7 Å². The summed E-state index contributed by atoms with van der Waals surface area (Å²) >= 11 is 9.34. The van der Waals surface area contributed by atoms with Gasteiger partial charge in [-0.1, -0.05) is 45.7 Å². The molecule has 0 amide bonds. The molecule has 0 aromatic heterocycles. The molecule has 0 spiro atoms. The first-order chi connectivity index (χ1) is 8.58. The van der Waals surface area contributed by atoms with Gasteiger partial charge in [0.05, 0.1) is 0 Å². The van der Waals surface area contributed by atoms with Crippen molar-refractivity contribution < 1.29 is 4.79 Å². The standard InChI is InChI=1S/C15H12BrClO/c1-10-8-12(17)6-7-13(10)15(18)9-11-4-2-3-5-14(11)16/h2-8H,9H2,1H3. The first-order valence-corrected chi connectivity index (χ1v) is 6.78. The summed E-state index contributed by atoms with van der Waals surface area (Å²) in [5, 5.41) is 0.657. The van der Waals surface area contributed by atoms with Gasteiger partial charge in [0.2, 0.25) is 0 Å². The van der Waals surface area contributed by atoms with Crippen LogP contribution in [0.2, 0.25) is 5.02 Å². The molecule has 0 atom stereocenters. The number of aryl methyl sites for hydroxylation is 1. The van der Waals surface area contributed by atoms with Gasteiger partial charge in [-0.15, -0.1) is 0 Å². The number of carbonyl (C=O) groups excluding carboxylic acids is 1. The monoisotopic (exact) mass is 322 g/mol. The molecule has 18 heavy (non-hydrogen) atoms. The van der Waals surface area contributed by atoms with Gasteiger partial charge in [0, 0.05) is 21.5 Å². The SMILES string of the molecule is Cc1cc(Cl)ccc1C(=O)Cc1ccccc1Br. The summed E-state index contributed by atoms with van der Waals surface area (Å²) in [5.41, 5.74) is 2.64. The molecule has 0 aliphatic rings. The molecule has 2 rings (SSSR count). The molecule has 0 aliphatic heterocycles. The lowest BCUT2D eigenvalue weighted by molar-refractivity contribution is 0.0992. The summed E-state index contributed by atoms with van der Waals surface area (Å²) in [4.78, 5) is 12.2. The molecular weight excluding hydrogens is 312 g/mol. The van der Waals surface area contributed by atoms with Crippen molar-refractivity contribution in [3.8, 4) is 0 Å². The van der Waals surface area contributed by atoms with Crippen LogP contribution in [0.15, 0.2) is 46.9 Å². The number of benzene rings is 2. The lowest BCUT2D eigenvalue weighted by Crippen LogP contribution is -2.06. The Hall–Kier alpha value is -1.12. The summed E-state index contributed by atoms with van der Waals surface area (Å²) in [5.74, 6) is 0.107. The normalized spacial score (nSPS) is 10.4. The van der Waals surface area contributed by atoms with Gasteiger partial charge in [-0.25, -0.2) is 0 Å². The van der Waals surface area contributed by atoms with E-state index in [0.29, 0.717) is 11.4 Å². The van der Waals surface area contributed by atoms with Crippen molar-refractivity contribution in [2.45, 2.75) is 13.3 Å². The van der Waals surface area contributed by atoms with E-state index < -0.39 is 0 Å². The van der Waals surface area contributed by atoms with E-state index in [1.54, 1.807) is 12.1 Å². The molecule has 0 aliphatic carbocycles. The van der Waals surface area contributed by atoms with Gasteiger partial charge < -0.3 is 0 Å². The lowest BCUT2D eigenvalue weighted by atomic mass is 9.99. The fourth-order valence-electron chi connectivity index (χ4n) is 1.85. The number of Topliss-reactive ketones (excluding diaryl/α,β-unsaturated/α-hetero) is 1. The minimum absolute atomic E-state index is 0.107. The van der Waals surface area contributed by atoms with E-state index in [9.17, 15) is 4.79 Å². The van der Waals surface area contributed by atoms with Crippen molar-refractivity contribution in [1.29, 1.82) is 0 Å². The average Bonchev–Trinajstić information content (AvgIpc) is 2.32. The maximum atomic E-state index is 12.2. The molecule has 92 valence electrons. The average molecular weight is 324 g/mol. The quantitative estimate of drug-likeness (QED) is 0.739. The van der Waals surface area contributed by atoms with Gasteiger partial charge in [0.25, 0.3) is 0 Å². The fraction of sp³-hybridized carbons (Fsp3) is 0.133. The second-order valence-electron chi connectivity index (χ2n) is 4.15. The van der Waals surface area contributed by atoms with Gasteiger partial charge in [0.15, 0.2) is 5.78 Å². The van der Waals surface area contributed by atoms with Crippen LogP contribution in [-0.4, -0.2) is 5.78 Å². The molecule has 2 aromatic carbocycles. The summed E-state index contributed by atoms with van der Waals surface area (Å²) in [6.07, 6.45) is 0.393. The Kier molecular flexibility index (Phi) is 4.20. The molecule has 0 bridgehead atoms. The van der Waals surface area contributed by atoms with E-state index in [0.717, 1.165) is 21.2 Å². The van der Waals surface area contributed by atoms with Crippen LogP contribution in [0.5, 0.6) is 0 Å². The Morgan fingerprint density at radius 2 is 1.94 bits per heavy atom. The Labute approximate surface area is 120 Å². The number of hydrogen-bond acceptors (Lipinski definition) is 1. The van der Waals surface area contributed by atoms with E-state index in [1.807, 2.05) is 37.3 Å². The molecule has 0 heterocycles. The van der Waals surface area contributed by atoms with Gasteiger partial charge in [-0.05, 0) is 42.3 Å². The molecule has 2 aromatic rings. The van der Waals surface area contributed by atoms with Crippen LogP contribution in [0.1, 0.15) is 21.5 Å². The Balaban J connectivity index is 2.25. The van der Waals surface area contributed by atoms with Crippen molar-refractivity contribution in [2.75, 3.05) is 0 Å². The highest BCUT2D eigenvalue weighted by atomic mass is 79.9. The molecule has 0 N–H and O–H groups in total. The van der Waals surface area contributed by atoms with Gasteiger partial charge in [-0.3, -0.25) is 4.79 Å². The summed E-state index contributed by atoms with van der Waals surface area (Å²) < 4.78 is 0.963. The maximum absolute atomic E-state index is 12.2. The number of ketones is 1. The Bertz CT molecular complexity index is 593. The zero-order valence-corrected chi connectivity index (χ0v) is 12.3. The van der Waals surface area contributed by atoms with Crippen molar-refractivity contribution in [2.24, 2.45) is 0 Å². The molecule has 0 saturated carbocycles. The van der Waals surface area contributed by atoms with E-state index >= 15 is 0 Å². The topological polar surface area (TPSA) is 17.1 Å². The number of carbonyl (C=O) groups is 1. The zero-order chi connectivity index (χ0) is 13.1. The molecule has 0 saturated heterocycles. The van der Waals surface area contributed by atoms with Crippen LogP contribution >= 0.6 is 27.5 Å². The van der Waals surface area contributed by atoms with Crippen molar-refractivity contribution in [3.63, 3.8) is 0 Å². The number of hydrogen-bond donors (Lipinski definition) is 0. The number of halogens is 2. The Morgan fingerprint density at radius 3 is 2.61 bits per heavy atom. The predicted octanol–water partition coefficient (Wildman–Crippen LogP) is 4.84. The third kappa shape index (κ3) is 3.01. The minimum atomic E-state index is 0.107. The zero-order valence-electron chi connectivity index (χ0n) is 9.91. The van der Waals surface area contributed by atoms with E-state index in [1.165, 1.54) is 0 Å². The largest absolute Gasteiger partial charge is 0.294 e. The van der Waals surface area contributed by atoms with Crippen molar-refractivity contribution in [1.82, 2.24) is 0 Å².